The smallest absolute Gasteiger partial charge is 0.0481 e. The van der Waals surface area contributed by atoms with Crippen LogP contribution in [-0.4, -0.2) is 24.5 Å². The van der Waals surface area contributed by atoms with Crippen LogP contribution >= 0.6 is 11.3 Å². The molecule has 21 heavy (non-hydrogen) atoms. The summed E-state index contributed by atoms with van der Waals surface area (Å²) in [5.41, 5.74) is 8.05. The van der Waals surface area contributed by atoms with Gasteiger partial charge in [-0.15, -0.1) is 11.3 Å². The van der Waals surface area contributed by atoms with Crippen molar-refractivity contribution in [2.24, 2.45) is 17.1 Å². The fraction of sp³-hybridized carbons (Fsp3) is 0.778. The van der Waals surface area contributed by atoms with Crippen molar-refractivity contribution in [3.05, 3.63) is 21.4 Å². The third-order valence-electron chi connectivity index (χ3n) is 5.09. The van der Waals surface area contributed by atoms with Crippen LogP contribution in [0.4, 0.5) is 0 Å². The van der Waals surface area contributed by atoms with E-state index in [9.17, 15) is 0 Å². The minimum atomic E-state index is 0.411. The Morgan fingerprint density at radius 1 is 1.29 bits per heavy atom. The average molecular weight is 309 g/mol. The van der Waals surface area contributed by atoms with Crippen molar-refractivity contribution in [1.82, 2.24) is 4.90 Å². The largest absolute Gasteiger partial charge is 0.329 e. The molecular formula is C18H32N2S. The Morgan fingerprint density at radius 2 is 2.00 bits per heavy atom. The quantitative estimate of drug-likeness (QED) is 0.890. The first-order chi connectivity index (χ1) is 9.82. The standard InChI is InChI=1S/C18H32N2S/c1-13-11-16(14(2)21-13)17(12-19)20-9-6-7-15(8-10-20)18(3,4)5/h11,15,17H,6-10,12,19H2,1-5H3. The molecule has 0 aromatic carbocycles. The first-order valence-electron chi connectivity index (χ1n) is 8.34. The first kappa shape index (κ1) is 17.0. The van der Waals surface area contributed by atoms with Crippen LogP contribution in [0, 0.1) is 25.2 Å². The van der Waals surface area contributed by atoms with Gasteiger partial charge in [0.2, 0.25) is 0 Å². The summed E-state index contributed by atoms with van der Waals surface area (Å²) >= 11 is 1.90. The molecule has 2 nitrogen and oxygen atoms in total. The molecule has 2 rings (SSSR count). The van der Waals surface area contributed by atoms with E-state index in [1.54, 1.807) is 0 Å². The van der Waals surface area contributed by atoms with E-state index in [0.717, 1.165) is 12.5 Å². The average Bonchev–Trinajstić information content (AvgIpc) is 2.62. The maximum absolute atomic E-state index is 6.15. The van der Waals surface area contributed by atoms with Crippen LogP contribution in [0.25, 0.3) is 0 Å². The van der Waals surface area contributed by atoms with Crippen molar-refractivity contribution in [2.45, 2.75) is 59.9 Å². The van der Waals surface area contributed by atoms with Gasteiger partial charge in [0.05, 0.1) is 0 Å². The summed E-state index contributed by atoms with van der Waals surface area (Å²) in [7, 11) is 0. The van der Waals surface area contributed by atoms with Crippen LogP contribution < -0.4 is 5.73 Å². The topological polar surface area (TPSA) is 29.3 Å². The van der Waals surface area contributed by atoms with Gasteiger partial charge in [0.15, 0.2) is 0 Å². The highest BCUT2D eigenvalue weighted by Gasteiger charge is 2.30. The maximum Gasteiger partial charge on any atom is 0.0481 e. The lowest BCUT2D eigenvalue weighted by molar-refractivity contribution is 0.185. The van der Waals surface area contributed by atoms with E-state index in [0.29, 0.717) is 11.5 Å². The molecule has 3 heteroatoms. The number of hydrogen-bond acceptors (Lipinski definition) is 3. The van der Waals surface area contributed by atoms with Gasteiger partial charge in [-0.2, -0.15) is 0 Å². The molecular weight excluding hydrogens is 276 g/mol. The Labute approximate surface area is 134 Å². The van der Waals surface area contributed by atoms with Crippen molar-refractivity contribution >= 4 is 11.3 Å². The SMILES string of the molecule is Cc1cc(C(CN)N2CCCC(C(C)(C)C)CC2)c(C)s1. The van der Waals surface area contributed by atoms with Gasteiger partial charge in [-0.1, -0.05) is 20.8 Å². The molecule has 0 radical (unpaired) electrons. The lowest BCUT2D eigenvalue weighted by Crippen LogP contribution is -2.35. The molecule has 0 saturated carbocycles. The third kappa shape index (κ3) is 4.08. The third-order valence-corrected chi connectivity index (χ3v) is 6.07. The fourth-order valence-corrected chi connectivity index (χ4v) is 4.73. The Balaban J connectivity index is 2.11. The van der Waals surface area contributed by atoms with E-state index < -0.39 is 0 Å². The number of thiophene rings is 1. The van der Waals surface area contributed by atoms with E-state index in [4.69, 9.17) is 5.73 Å². The summed E-state index contributed by atoms with van der Waals surface area (Å²) in [6, 6.07) is 2.76. The summed E-state index contributed by atoms with van der Waals surface area (Å²) in [6.45, 7) is 14.7. The molecule has 2 unspecified atom stereocenters. The first-order valence-corrected chi connectivity index (χ1v) is 9.15. The minimum Gasteiger partial charge on any atom is -0.329 e. The van der Waals surface area contributed by atoms with Crippen molar-refractivity contribution in [3.63, 3.8) is 0 Å². The lowest BCUT2D eigenvalue weighted by atomic mass is 9.77. The van der Waals surface area contributed by atoms with Gasteiger partial charge >= 0.3 is 0 Å². The fourth-order valence-electron chi connectivity index (χ4n) is 3.75. The second-order valence-corrected chi connectivity index (χ2v) is 9.11. The second-order valence-electron chi connectivity index (χ2n) is 7.65. The van der Waals surface area contributed by atoms with Gasteiger partial charge in [0.25, 0.3) is 0 Å². The zero-order valence-corrected chi connectivity index (χ0v) is 15.2. The highest BCUT2D eigenvalue weighted by atomic mass is 32.1. The number of rotatable bonds is 3. The van der Waals surface area contributed by atoms with Gasteiger partial charge in [-0.3, -0.25) is 4.90 Å². The Morgan fingerprint density at radius 3 is 2.52 bits per heavy atom. The molecule has 120 valence electrons. The predicted octanol–water partition coefficient (Wildman–Crippen LogP) is 4.51. The molecule has 1 saturated heterocycles. The molecule has 1 aliphatic heterocycles. The van der Waals surface area contributed by atoms with Crippen LogP contribution in [0.1, 0.15) is 61.4 Å². The molecule has 2 N–H and O–H groups in total. The monoisotopic (exact) mass is 308 g/mol. The van der Waals surface area contributed by atoms with E-state index in [1.807, 2.05) is 11.3 Å². The molecule has 1 aromatic rings. The highest BCUT2D eigenvalue weighted by molar-refractivity contribution is 7.12. The van der Waals surface area contributed by atoms with Gasteiger partial charge in [0, 0.05) is 22.3 Å². The summed E-state index contributed by atoms with van der Waals surface area (Å²) in [6.07, 6.45) is 3.97. The highest BCUT2D eigenvalue weighted by Crippen LogP contribution is 2.37. The van der Waals surface area contributed by atoms with Crippen LogP contribution in [-0.2, 0) is 0 Å². The van der Waals surface area contributed by atoms with Crippen LogP contribution in [0.5, 0.6) is 0 Å². The van der Waals surface area contributed by atoms with Crippen molar-refractivity contribution in [1.29, 1.82) is 0 Å². The van der Waals surface area contributed by atoms with Crippen LogP contribution in [0.3, 0.4) is 0 Å². The molecule has 1 aromatic heterocycles. The predicted molar refractivity (Wildman–Crippen MR) is 94.0 cm³/mol. The van der Waals surface area contributed by atoms with Gasteiger partial charge < -0.3 is 5.73 Å². The normalized spacial score (nSPS) is 23.0. The van der Waals surface area contributed by atoms with E-state index in [1.165, 1.54) is 47.7 Å². The van der Waals surface area contributed by atoms with E-state index in [-0.39, 0.29) is 0 Å². The van der Waals surface area contributed by atoms with Gasteiger partial charge in [-0.05, 0) is 69.2 Å². The van der Waals surface area contributed by atoms with E-state index in [2.05, 4.69) is 45.6 Å². The zero-order chi connectivity index (χ0) is 15.6. The number of nitrogens with two attached hydrogens (primary N) is 1. The molecule has 0 spiro atoms. The second kappa shape index (κ2) is 6.80. The van der Waals surface area contributed by atoms with Crippen molar-refractivity contribution < 1.29 is 0 Å². The lowest BCUT2D eigenvalue weighted by Gasteiger charge is -2.32. The molecule has 2 atom stereocenters. The number of nitrogens with zero attached hydrogens (tertiary/aromatic N) is 1. The molecule has 1 aliphatic rings. The molecule has 1 fully saturated rings. The van der Waals surface area contributed by atoms with Gasteiger partial charge in [-0.25, -0.2) is 0 Å². The van der Waals surface area contributed by atoms with Crippen LogP contribution in [0.15, 0.2) is 6.07 Å². The maximum atomic E-state index is 6.15. The van der Waals surface area contributed by atoms with Crippen molar-refractivity contribution in [3.8, 4) is 0 Å². The summed E-state index contributed by atoms with van der Waals surface area (Å²) < 4.78 is 0. The molecule has 0 bridgehead atoms. The Hall–Kier alpha value is -0.380. The number of likely N-dealkylation sites (tertiary alicyclic amines) is 1. The molecule has 2 heterocycles. The minimum absolute atomic E-state index is 0.411. The molecule has 0 amide bonds. The zero-order valence-electron chi connectivity index (χ0n) is 14.4. The summed E-state index contributed by atoms with van der Waals surface area (Å²) in [5, 5.41) is 0. The summed E-state index contributed by atoms with van der Waals surface area (Å²) in [5.74, 6) is 0.839. The van der Waals surface area contributed by atoms with Crippen LogP contribution in [0.2, 0.25) is 0 Å². The Kier molecular flexibility index (Phi) is 5.50. The molecule has 0 aliphatic carbocycles. The number of aryl methyl sites for hydroxylation is 2. The Bertz CT molecular complexity index is 458. The van der Waals surface area contributed by atoms with Gasteiger partial charge in [0.1, 0.15) is 0 Å². The van der Waals surface area contributed by atoms with Crippen molar-refractivity contribution in [2.75, 3.05) is 19.6 Å². The summed E-state index contributed by atoms with van der Waals surface area (Å²) in [4.78, 5) is 5.49. The van der Waals surface area contributed by atoms with E-state index >= 15 is 0 Å². The number of hydrogen-bond donors (Lipinski definition) is 1.